The van der Waals surface area contributed by atoms with Crippen molar-refractivity contribution in [2.45, 2.75) is 6.92 Å². The lowest BCUT2D eigenvalue weighted by molar-refractivity contribution is -0.118. The van der Waals surface area contributed by atoms with Gasteiger partial charge in [-0.2, -0.15) is 0 Å². The van der Waals surface area contributed by atoms with Crippen LogP contribution in [0.1, 0.15) is 17.3 Å². The normalized spacial score (nSPS) is 10.2. The zero-order valence-electron chi connectivity index (χ0n) is 13.1. The lowest BCUT2D eigenvalue weighted by Crippen LogP contribution is -2.20. The number of carbonyl (C=O) groups excluding carboxylic acids is 2. The molecule has 0 unspecified atom stereocenters. The van der Waals surface area contributed by atoms with Crippen LogP contribution in [0.2, 0.25) is 5.02 Å². The van der Waals surface area contributed by atoms with Crippen LogP contribution in [0.15, 0.2) is 36.4 Å². The van der Waals surface area contributed by atoms with Gasteiger partial charge in [-0.1, -0.05) is 11.6 Å². The van der Waals surface area contributed by atoms with Crippen molar-refractivity contribution < 1.29 is 23.5 Å². The summed E-state index contributed by atoms with van der Waals surface area (Å²) in [5.41, 5.74) is 0.832. The molecule has 0 aromatic heterocycles. The molecule has 0 spiro atoms. The van der Waals surface area contributed by atoms with E-state index >= 15 is 0 Å². The van der Waals surface area contributed by atoms with Crippen LogP contribution >= 0.6 is 11.6 Å². The summed E-state index contributed by atoms with van der Waals surface area (Å²) in [5, 5.41) is 2.45. The first-order chi connectivity index (χ1) is 11.4. The second kappa shape index (κ2) is 7.79. The SMILES string of the molecule is COc1cc(C(C)=O)ccc1OCC(=O)Nc1ccc(F)c(Cl)c1. The van der Waals surface area contributed by atoms with Crippen molar-refractivity contribution in [1.29, 1.82) is 0 Å². The molecule has 24 heavy (non-hydrogen) atoms. The molecule has 0 bridgehead atoms. The van der Waals surface area contributed by atoms with Gasteiger partial charge in [0.2, 0.25) is 0 Å². The number of amides is 1. The van der Waals surface area contributed by atoms with Gasteiger partial charge < -0.3 is 14.8 Å². The largest absolute Gasteiger partial charge is 0.493 e. The summed E-state index contributed by atoms with van der Waals surface area (Å²) in [6.45, 7) is 1.15. The Bertz CT molecular complexity index is 779. The van der Waals surface area contributed by atoms with Crippen LogP contribution in [-0.2, 0) is 4.79 Å². The van der Waals surface area contributed by atoms with Crippen molar-refractivity contribution in [2.24, 2.45) is 0 Å². The highest BCUT2D eigenvalue weighted by molar-refractivity contribution is 6.31. The van der Waals surface area contributed by atoms with Crippen molar-refractivity contribution >= 4 is 29.0 Å². The first kappa shape index (κ1) is 17.7. The number of halogens is 2. The van der Waals surface area contributed by atoms with Crippen LogP contribution in [-0.4, -0.2) is 25.4 Å². The summed E-state index contributed by atoms with van der Waals surface area (Å²) in [4.78, 5) is 23.2. The minimum absolute atomic E-state index is 0.0878. The molecule has 0 heterocycles. The Labute approximate surface area is 143 Å². The van der Waals surface area contributed by atoms with Gasteiger partial charge in [0, 0.05) is 11.3 Å². The molecule has 7 heteroatoms. The molecule has 0 fully saturated rings. The molecule has 0 saturated heterocycles. The van der Waals surface area contributed by atoms with Gasteiger partial charge in [-0.15, -0.1) is 0 Å². The highest BCUT2D eigenvalue weighted by Gasteiger charge is 2.11. The van der Waals surface area contributed by atoms with Gasteiger partial charge in [-0.3, -0.25) is 9.59 Å². The topological polar surface area (TPSA) is 64.6 Å². The van der Waals surface area contributed by atoms with Crippen molar-refractivity contribution in [3.05, 3.63) is 52.8 Å². The molecular formula is C17H15ClFNO4. The fraction of sp³-hybridized carbons (Fsp3) is 0.176. The molecule has 1 amide bonds. The Hall–Kier alpha value is -2.60. The minimum atomic E-state index is -0.568. The van der Waals surface area contributed by atoms with E-state index in [1.165, 1.54) is 32.2 Å². The molecule has 2 rings (SSSR count). The molecule has 0 radical (unpaired) electrons. The van der Waals surface area contributed by atoms with Crippen LogP contribution < -0.4 is 14.8 Å². The van der Waals surface area contributed by atoms with Crippen LogP contribution in [0.25, 0.3) is 0 Å². The van der Waals surface area contributed by atoms with E-state index in [4.69, 9.17) is 21.1 Å². The predicted octanol–water partition coefficient (Wildman–Crippen LogP) is 3.71. The second-order valence-corrected chi connectivity index (χ2v) is 5.29. The Balaban J connectivity index is 2.00. The molecule has 1 N–H and O–H groups in total. The molecule has 0 aliphatic carbocycles. The number of ketones is 1. The summed E-state index contributed by atoms with van der Waals surface area (Å²) in [7, 11) is 1.44. The van der Waals surface area contributed by atoms with E-state index in [0.717, 1.165) is 6.07 Å². The van der Waals surface area contributed by atoms with Gasteiger partial charge in [0.1, 0.15) is 5.82 Å². The minimum Gasteiger partial charge on any atom is -0.493 e. The maximum absolute atomic E-state index is 13.1. The second-order valence-electron chi connectivity index (χ2n) is 4.89. The highest BCUT2D eigenvalue weighted by atomic mass is 35.5. The summed E-state index contributed by atoms with van der Waals surface area (Å²) in [6, 6.07) is 8.52. The van der Waals surface area contributed by atoms with Crippen LogP contribution in [0.4, 0.5) is 10.1 Å². The van der Waals surface area contributed by atoms with Gasteiger partial charge in [0.15, 0.2) is 23.9 Å². The molecular weight excluding hydrogens is 337 g/mol. The van der Waals surface area contributed by atoms with E-state index in [-0.39, 0.29) is 17.4 Å². The number of hydrogen-bond acceptors (Lipinski definition) is 4. The first-order valence-electron chi connectivity index (χ1n) is 6.97. The van der Waals surface area contributed by atoms with Gasteiger partial charge in [-0.25, -0.2) is 4.39 Å². The highest BCUT2D eigenvalue weighted by Crippen LogP contribution is 2.28. The number of ether oxygens (including phenoxy) is 2. The first-order valence-corrected chi connectivity index (χ1v) is 7.35. The standard InChI is InChI=1S/C17H15ClFNO4/c1-10(21)11-3-6-15(16(7-11)23-2)24-9-17(22)20-12-4-5-14(19)13(18)8-12/h3-8H,9H2,1-2H3,(H,20,22). The third kappa shape index (κ3) is 4.45. The number of Topliss-reactive ketones (excluding diaryl/α,β-unsaturated/α-hetero) is 1. The number of benzene rings is 2. The molecule has 5 nitrogen and oxygen atoms in total. The van der Waals surface area contributed by atoms with Crippen LogP contribution in [0.3, 0.4) is 0 Å². The maximum atomic E-state index is 13.1. The number of anilines is 1. The third-order valence-electron chi connectivity index (χ3n) is 3.13. The van der Waals surface area contributed by atoms with E-state index in [0.29, 0.717) is 22.7 Å². The van der Waals surface area contributed by atoms with Crippen molar-refractivity contribution in [2.75, 3.05) is 19.0 Å². The van der Waals surface area contributed by atoms with E-state index in [1.54, 1.807) is 12.1 Å². The third-order valence-corrected chi connectivity index (χ3v) is 3.42. The summed E-state index contributed by atoms with van der Waals surface area (Å²) in [6.07, 6.45) is 0. The average molecular weight is 352 g/mol. The van der Waals surface area contributed by atoms with Crippen LogP contribution in [0, 0.1) is 5.82 Å². The summed E-state index contributed by atoms with van der Waals surface area (Å²) in [5.74, 6) is -0.447. The summed E-state index contributed by atoms with van der Waals surface area (Å²) < 4.78 is 23.6. The molecule has 0 atom stereocenters. The van der Waals surface area contributed by atoms with Crippen molar-refractivity contribution in [1.82, 2.24) is 0 Å². The Morgan fingerprint density at radius 3 is 2.54 bits per heavy atom. The molecule has 0 saturated carbocycles. The van der Waals surface area contributed by atoms with Gasteiger partial charge in [0.05, 0.1) is 12.1 Å². The zero-order valence-corrected chi connectivity index (χ0v) is 13.8. The van der Waals surface area contributed by atoms with E-state index in [1.807, 2.05) is 0 Å². The molecule has 0 aliphatic heterocycles. The smallest absolute Gasteiger partial charge is 0.262 e. The summed E-state index contributed by atoms with van der Waals surface area (Å²) >= 11 is 5.65. The fourth-order valence-corrected chi connectivity index (χ4v) is 2.10. The number of rotatable bonds is 6. The monoisotopic (exact) mass is 351 g/mol. The maximum Gasteiger partial charge on any atom is 0.262 e. The number of nitrogens with one attached hydrogen (secondary N) is 1. The number of carbonyl (C=O) groups is 2. The number of hydrogen-bond donors (Lipinski definition) is 1. The predicted molar refractivity (Wildman–Crippen MR) is 88.5 cm³/mol. The molecule has 2 aromatic carbocycles. The Morgan fingerprint density at radius 2 is 1.92 bits per heavy atom. The van der Waals surface area contributed by atoms with Gasteiger partial charge >= 0.3 is 0 Å². The van der Waals surface area contributed by atoms with Crippen molar-refractivity contribution in [3.8, 4) is 11.5 Å². The van der Waals surface area contributed by atoms with E-state index in [9.17, 15) is 14.0 Å². The van der Waals surface area contributed by atoms with E-state index in [2.05, 4.69) is 5.32 Å². The van der Waals surface area contributed by atoms with Gasteiger partial charge in [0.25, 0.3) is 5.91 Å². The lowest BCUT2D eigenvalue weighted by Gasteiger charge is -2.12. The van der Waals surface area contributed by atoms with E-state index < -0.39 is 11.7 Å². The molecule has 126 valence electrons. The fourth-order valence-electron chi connectivity index (χ4n) is 1.92. The molecule has 0 aliphatic rings. The molecule has 2 aromatic rings. The average Bonchev–Trinajstić information content (AvgIpc) is 2.56. The Morgan fingerprint density at radius 1 is 1.17 bits per heavy atom. The van der Waals surface area contributed by atoms with Crippen LogP contribution in [0.5, 0.6) is 11.5 Å². The quantitative estimate of drug-likeness (QED) is 0.806. The lowest BCUT2D eigenvalue weighted by atomic mass is 10.1. The zero-order chi connectivity index (χ0) is 17.7. The number of methoxy groups -OCH3 is 1. The Kier molecular flexibility index (Phi) is 5.76. The van der Waals surface area contributed by atoms with Crippen molar-refractivity contribution in [3.63, 3.8) is 0 Å². The van der Waals surface area contributed by atoms with Gasteiger partial charge in [-0.05, 0) is 43.3 Å².